The number of aromatic hydroxyl groups is 1. The normalized spacial score (nSPS) is 18.9. The lowest BCUT2D eigenvalue weighted by Crippen LogP contribution is -2.66. The number of anilines is 2. The van der Waals surface area contributed by atoms with E-state index in [9.17, 15) is 19.5 Å². The number of nitrogen functional groups attached to an aromatic ring is 2. The first-order valence-corrected chi connectivity index (χ1v) is 14.8. The zero-order valence-corrected chi connectivity index (χ0v) is 24.3. The second kappa shape index (κ2) is 12.2. The van der Waals surface area contributed by atoms with Crippen molar-refractivity contribution in [2.24, 2.45) is 0 Å². The molecule has 12 nitrogen and oxygen atoms in total. The zero-order valence-electron chi connectivity index (χ0n) is 23.5. The first kappa shape index (κ1) is 29.1. The molecule has 0 radical (unpaired) electrons. The molecule has 2 atom stereocenters. The number of thiazole rings is 1. The van der Waals surface area contributed by atoms with Crippen LogP contribution >= 0.6 is 11.3 Å². The maximum atomic E-state index is 14.1. The molecule has 4 amide bonds. The van der Waals surface area contributed by atoms with E-state index in [1.165, 1.54) is 22.4 Å². The van der Waals surface area contributed by atoms with Crippen molar-refractivity contribution in [2.75, 3.05) is 37.6 Å². The minimum Gasteiger partial charge on any atom is -0.506 e. The van der Waals surface area contributed by atoms with E-state index in [1.807, 2.05) is 25.1 Å². The van der Waals surface area contributed by atoms with Gasteiger partial charge in [-0.1, -0.05) is 49.0 Å². The molecule has 2 aliphatic heterocycles. The number of piperazine rings is 1. The Labute approximate surface area is 248 Å². The first-order chi connectivity index (χ1) is 20.2. The number of hydrogen-bond acceptors (Lipinski definition) is 9. The molecule has 6 N–H and O–H groups in total. The van der Waals surface area contributed by atoms with Gasteiger partial charge < -0.3 is 31.7 Å². The van der Waals surface area contributed by atoms with Gasteiger partial charge in [0.2, 0.25) is 11.8 Å². The number of nitrogens with zero attached hydrogens (tertiary/aromatic N) is 5. The van der Waals surface area contributed by atoms with Crippen LogP contribution in [0.3, 0.4) is 0 Å². The summed E-state index contributed by atoms with van der Waals surface area (Å²) >= 11 is 1.38. The van der Waals surface area contributed by atoms with Crippen molar-refractivity contribution in [1.82, 2.24) is 30.1 Å². The van der Waals surface area contributed by atoms with Crippen molar-refractivity contribution < 1.29 is 19.5 Å². The van der Waals surface area contributed by atoms with Crippen LogP contribution in [0.25, 0.3) is 10.2 Å². The van der Waals surface area contributed by atoms with Crippen LogP contribution in [0.2, 0.25) is 0 Å². The number of nitrogens with one attached hydrogen (secondary N) is 1. The van der Waals surface area contributed by atoms with E-state index in [2.05, 4.69) is 16.9 Å². The lowest BCUT2D eigenvalue weighted by atomic mass is 9.99. The van der Waals surface area contributed by atoms with E-state index < -0.39 is 12.2 Å². The van der Waals surface area contributed by atoms with Crippen LogP contribution in [0.5, 0.6) is 5.75 Å². The number of urea groups is 1. The smallest absolute Gasteiger partial charge is 0.332 e. The Morgan fingerprint density at radius 3 is 2.83 bits per heavy atom. The molecule has 0 aliphatic carbocycles. The predicted molar refractivity (Wildman–Crippen MR) is 162 cm³/mol. The van der Waals surface area contributed by atoms with E-state index in [0.29, 0.717) is 17.2 Å². The Kier molecular flexibility index (Phi) is 8.50. The van der Waals surface area contributed by atoms with Crippen LogP contribution < -0.4 is 16.8 Å². The highest BCUT2D eigenvalue weighted by Gasteiger charge is 2.52. The van der Waals surface area contributed by atoms with Gasteiger partial charge in [0.1, 0.15) is 18.0 Å². The van der Waals surface area contributed by atoms with Crippen LogP contribution in [-0.4, -0.2) is 86.1 Å². The third-order valence-electron chi connectivity index (χ3n) is 7.62. The summed E-state index contributed by atoms with van der Waals surface area (Å²) in [6.45, 7) is 6.94. The van der Waals surface area contributed by atoms with Gasteiger partial charge in [-0.05, 0) is 35.7 Å². The number of nitrogens with two attached hydrogens (primary N) is 2. The SMILES string of the molecule is C=CCN(C(=O)NCCCC)N1CC(=O)N2[C@@H](Cc3ccc(O)c(N)c3)C(=O)N(Cc3cccc4sc(N)nc34)C[C@@H]21. The van der Waals surface area contributed by atoms with E-state index in [1.54, 1.807) is 33.0 Å². The largest absolute Gasteiger partial charge is 0.506 e. The Hall–Kier alpha value is -4.36. The molecule has 0 spiro atoms. The molecule has 5 rings (SSSR count). The molecule has 0 saturated carbocycles. The zero-order chi connectivity index (χ0) is 30.0. The second-order valence-corrected chi connectivity index (χ2v) is 11.5. The first-order valence-electron chi connectivity index (χ1n) is 14.0. The summed E-state index contributed by atoms with van der Waals surface area (Å²) in [7, 11) is 0. The number of para-hydroxylation sites is 1. The number of phenols is 1. The maximum Gasteiger partial charge on any atom is 0.332 e. The van der Waals surface area contributed by atoms with Gasteiger partial charge in [0.15, 0.2) is 5.13 Å². The Morgan fingerprint density at radius 2 is 2.10 bits per heavy atom. The summed E-state index contributed by atoms with van der Waals surface area (Å²) in [4.78, 5) is 48.7. The minimum atomic E-state index is -0.848. The Morgan fingerprint density at radius 1 is 1.29 bits per heavy atom. The number of unbranched alkanes of at least 4 members (excludes halogenated alkanes) is 1. The Bertz CT molecular complexity index is 1510. The molecule has 0 bridgehead atoms. The molecule has 42 heavy (non-hydrogen) atoms. The summed E-state index contributed by atoms with van der Waals surface area (Å²) in [6.07, 6.45) is 2.97. The monoisotopic (exact) mass is 592 g/mol. The molecule has 2 saturated heterocycles. The third-order valence-corrected chi connectivity index (χ3v) is 8.47. The fraction of sp³-hybridized carbons (Fsp3) is 0.379. The minimum absolute atomic E-state index is 0.0542. The second-order valence-electron chi connectivity index (χ2n) is 10.5. The summed E-state index contributed by atoms with van der Waals surface area (Å²) in [6, 6.07) is 9.36. The molecular weight excluding hydrogens is 556 g/mol. The molecule has 3 heterocycles. The summed E-state index contributed by atoms with van der Waals surface area (Å²) in [5.41, 5.74) is 14.4. The molecule has 13 heteroatoms. The fourth-order valence-corrected chi connectivity index (χ4v) is 6.37. The van der Waals surface area contributed by atoms with Gasteiger partial charge in [0.05, 0.1) is 35.5 Å². The molecule has 2 aromatic carbocycles. The number of hydrazine groups is 1. The number of carbonyl (C=O) groups is 3. The van der Waals surface area contributed by atoms with Gasteiger partial charge in [-0.15, -0.1) is 6.58 Å². The van der Waals surface area contributed by atoms with Crippen LogP contribution in [0.15, 0.2) is 49.1 Å². The highest BCUT2D eigenvalue weighted by atomic mass is 32.1. The van der Waals surface area contributed by atoms with Crippen molar-refractivity contribution in [2.45, 2.75) is 44.9 Å². The summed E-state index contributed by atoms with van der Waals surface area (Å²) in [5, 5.41) is 16.5. The highest BCUT2D eigenvalue weighted by molar-refractivity contribution is 7.22. The van der Waals surface area contributed by atoms with Gasteiger partial charge in [-0.25, -0.2) is 9.78 Å². The summed E-state index contributed by atoms with van der Waals surface area (Å²) < 4.78 is 0.922. The van der Waals surface area contributed by atoms with Crippen LogP contribution in [0, 0.1) is 0 Å². The lowest BCUT2D eigenvalue weighted by molar-refractivity contribution is -0.157. The quantitative estimate of drug-likeness (QED) is 0.121. The number of amides is 4. The van der Waals surface area contributed by atoms with Crippen molar-refractivity contribution >= 4 is 50.2 Å². The predicted octanol–water partition coefficient (Wildman–Crippen LogP) is 2.50. The van der Waals surface area contributed by atoms with E-state index in [0.717, 1.165) is 28.6 Å². The van der Waals surface area contributed by atoms with E-state index in [4.69, 9.17) is 11.5 Å². The topological polar surface area (TPSA) is 161 Å². The number of carbonyl (C=O) groups excluding carboxylic acids is 3. The van der Waals surface area contributed by atoms with Crippen LogP contribution in [-0.2, 0) is 22.6 Å². The number of benzene rings is 2. The number of fused-ring (bicyclic) bond motifs is 2. The van der Waals surface area contributed by atoms with Gasteiger partial charge in [-0.3, -0.25) is 14.6 Å². The average molecular weight is 593 g/mol. The number of phenolic OH excluding ortho intramolecular Hbond substituents is 1. The van der Waals surface area contributed by atoms with Gasteiger partial charge in [-0.2, -0.15) is 5.01 Å². The molecule has 222 valence electrons. The van der Waals surface area contributed by atoms with Crippen LogP contribution in [0.1, 0.15) is 30.9 Å². The molecule has 0 unspecified atom stereocenters. The fourth-order valence-electron chi connectivity index (χ4n) is 5.59. The lowest BCUT2D eigenvalue weighted by Gasteiger charge is -2.46. The summed E-state index contributed by atoms with van der Waals surface area (Å²) in [5.74, 6) is -0.535. The maximum absolute atomic E-state index is 14.1. The molecule has 2 aliphatic rings. The van der Waals surface area contributed by atoms with Gasteiger partial charge in [0, 0.05) is 19.5 Å². The van der Waals surface area contributed by atoms with Crippen LogP contribution in [0.4, 0.5) is 15.6 Å². The number of rotatable bonds is 10. The third kappa shape index (κ3) is 5.70. The molecular formula is C29H36N8O4S. The Balaban J connectivity index is 1.50. The van der Waals surface area contributed by atoms with Gasteiger partial charge in [0.25, 0.3) is 0 Å². The number of aromatic nitrogens is 1. The van der Waals surface area contributed by atoms with Crippen molar-refractivity contribution in [3.63, 3.8) is 0 Å². The van der Waals surface area contributed by atoms with Gasteiger partial charge >= 0.3 is 6.03 Å². The molecule has 2 fully saturated rings. The molecule has 3 aromatic rings. The standard InChI is InChI=1S/C29H36N8O4S/c1-3-5-11-32-29(41)35(12-4-2)36-17-25(39)37-21(14-18-9-10-22(38)20(30)13-18)27(40)34(16-24(36)37)15-19-7-6-8-23-26(19)33-28(31)42-23/h4,6-10,13,21,24,38H,2-3,5,11-12,14-17,30H2,1H3,(H2,31,33)(H,32,41)/t21-,24+/m0/s1. The average Bonchev–Trinajstić information content (AvgIpc) is 3.50. The van der Waals surface area contributed by atoms with Crippen molar-refractivity contribution in [3.05, 3.63) is 60.2 Å². The van der Waals surface area contributed by atoms with Crippen molar-refractivity contribution in [1.29, 1.82) is 0 Å². The van der Waals surface area contributed by atoms with Crippen molar-refractivity contribution in [3.8, 4) is 5.75 Å². The number of hydrogen-bond donors (Lipinski definition) is 4. The molecule has 1 aromatic heterocycles. The van der Waals surface area contributed by atoms with E-state index in [-0.39, 0.29) is 61.9 Å². The van der Waals surface area contributed by atoms with E-state index >= 15 is 0 Å². The highest BCUT2D eigenvalue weighted by Crippen LogP contribution is 2.33.